The number of aromatic nitrogens is 1. The Balaban J connectivity index is 0.00000341. The summed E-state index contributed by atoms with van der Waals surface area (Å²) in [5, 5.41) is 29.9. The van der Waals surface area contributed by atoms with Gasteiger partial charge in [-0.2, -0.15) is 0 Å². The third-order valence-electron chi connectivity index (χ3n) is 5.00. The van der Waals surface area contributed by atoms with Crippen LogP contribution in [0.4, 0.5) is 4.39 Å². The van der Waals surface area contributed by atoms with Gasteiger partial charge in [0, 0.05) is 34.6 Å². The number of hydrogen-bond acceptors (Lipinski definition) is 3. The van der Waals surface area contributed by atoms with Crippen molar-refractivity contribution in [2.45, 2.75) is 44.9 Å². The molecule has 3 N–H and O–H groups in total. The first kappa shape index (κ1) is 25.6. The number of hydrogen-bond donors (Lipinski definition) is 3. The number of carbonyl (C=O) groups is 1. The average molecular weight is 454 g/mol. The second-order valence-electron chi connectivity index (χ2n) is 7.66. The molecule has 0 unspecified atom stereocenters. The third-order valence-corrected chi connectivity index (χ3v) is 5.00. The van der Waals surface area contributed by atoms with Crippen LogP contribution in [-0.4, -0.2) is 75.8 Å². The van der Waals surface area contributed by atoms with Gasteiger partial charge in [-0.05, 0) is 43.7 Å². The summed E-state index contributed by atoms with van der Waals surface area (Å²) in [6.45, 7) is 4.12. The van der Waals surface area contributed by atoms with Crippen LogP contribution in [0.3, 0.4) is 0 Å². The number of para-hydroxylation sites is 1. The summed E-state index contributed by atoms with van der Waals surface area (Å²) < 4.78 is 15.6. The topological polar surface area (TPSA) is 82.7 Å². The molecule has 0 radical (unpaired) electrons. The Morgan fingerprint density at radius 1 is 1.13 bits per heavy atom. The molecule has 1 aromatic heterocycles. The Morgan fingerprint density at radius 3 is 2.39 bits per heavy atom. The van der Waals surface area contributed by atoms with Crippen molar-refractivity contribution in [1.29, 1.82) is 0 Å². The number of carboxylic acids is 1. The number of aliphatic hydroxyl groups is 2. The van der Waals surface area contributed by atoms with Gasteiger partial charge < -0.3 is 22.7 Å². The van der Waals surface area contributed by atoms with Gasteiger partial charge in [0.15, 0.2) is 0 Å². The molecule has 7 heteroatoms. The van der Waals surface area contributed by atoms with Crippen LogP contribution in [0.5, 0.6) is 0 Å². The Hall–Kier alpha value is -1.70. The number of fused-ring (bicyclic) bond motifs is 1. The van der Waals surface area contributed by atoms with Gasteiger partial charge in [0.05, 0.1) is 18.6 Å². The van der Waals surface area contributed by atoms with E-state index in [2.05, 4.69) is 18.4 Å². The zero-order valence-electron chi connectivity index (χ0n) is 19.7. The Labute approximate surface area is 213 Å². The van der Waals surface area contributed by atoms with Crippen LogP contribution >= 0.6 is 0 Å². The van der Waals surface area contributed by atoms with Gasteiger partial charge in [-0.25, -0.2) is 4.39 Å². The molecule has 0 saturated heterocycles. The SMILES string of the molecule is CC(C)n1c(C=C[C@H](O)C[C@H](O)CC(=O)O)c(-c2ccc(F)cc2)c2ccccc21.[Ca+2].[H-].[H-]. The zero-order valence-corrected chi connectivity index (χ0v) is 19.9. The average Bonchev–Trinajstić information content (AvgIpc) is 3.00. The van der Waals surface area contributed by atoms with Crippen molar-refractivity contribution < 1.29 is 27.4 Å². The maximum Gasteiger partial charge on any atom is 2.00 e. The molecule has 0 fully saturated rings. The number of benzene rings is 2. The Kier molecular flexibility index (Phi) is 9.28. The van der Waals surface area contributed by atoms with Crippen molar-refractivity contribution in [2.75, 3.05) is 0 Å². The predicted octanol–water partition coefficient (Wildman–Crippen LogP) is 4.47. The molecule has 2 atom stereocenters. The Bertz CT molecular complexity index is 1070. The van der Waals surface area contributed by atoms with Crippen molar-refractivity contribution in [3.05, 3.63) is 66.1 Å². The molecule has 5 nitrogen and oxygen atoms in total. The molecule has 0 aliphatic carbocycles. The van der Waals surface area contributed by atoms with Gasteiger partial charge in [0.2, 0.25) is 0 Å². The van der Waals surface area contributed by atoms with Crippen LogP contribution in [0.15, 0.2) is 54.6 Å². The summed E-state index contributed by atoms with van der Waals surface area (Å²) in [4.78, 5) is 10.7. The fraction of sp³-hybridized carbons (Fsp3) is 0.292. The zero-order chi connectivity index (χ0) is 21.8. The van der Waals surface area contributed by atoms with E-state index in [1.807, 2.05) is 24.3 Å². The van der Waals surface area contributed by atoms with Crippen LogP contribution in [0.1, 0.15) is 41.3 Å². The van der Waals surface area contributed by atoms with E-state index in [0.29, 0.717) is 0 Å². The van der Waals surface area contributed by atoms with E-state index < -0.39 is 24.6 Å². The number of halogens is 1. The molecule has 1 heterocycles. The smallest absolute Gasteiger partial charge is 1.00 e. The molecule has 0 amide bonds. The fourth-order valence-electron chi connectivity index (χ4n) is 3.77. The van der Waals surface area contributed by atoms with Gasteiger partial charge in [-0.3, -0.25) is 4.79 Å². The molecular formula is C24H28CaFNO4. The minimum Gasteiger partial charge on any atom is -1.00 e. The van der Waals surface area contributed by atoms with Crippen LogP contribution < -0.4 is 0 Å². The molecule has 0 aliphatic rings. The summed E-state index contributed by atoms with van der Waals surface area (Å²) in [6.07, 6.45) is 0.727. The van der Waals surface area contributed by atoms with Crippen LogP contribution in [0.25, 0.3) is 28.1 Å². The van der Waals surface area contributed by atoms with Crippen LogP contribution in [-0.2, 0) is 4.79 Å². The second-order valence-corrected chi connectivity index (χ2v) is 7.66. The first-order valence-electron chi connectivity index (χ1n) is 9.93. The molecule has 31 heavy (non-hydrogen) atoms. The van der Waals surface area contributed by atoms with Gasteiger partial charge in [0.25, 0.3) is 0 Å². The van der Waals surface area contributed by atoms with Crippen molar-refractivity contribution in [2.24, 2.45) is 0 Å². The minimum atomic E-state index is -1.13. The third kappa shape index (κ3) is 6.18. The molecule has 3 rings (SSSR count). The summed E-state index contributed by atoms with van der Waals surface area (Å²) >= 11 is 0. The van der Waals surface area contributed by atoms with E-state index in [1.165, 1.54) is 12.1 Å². The maximum atomic E-state index is 13.5. The van der Waals surface area contributed by atoms with Crippen LogP contribution in [0, 0.1) is 5.82 Å². The number of nitrogens with zero attached hydrogens (tertiary/aromatic N) is 1. The van der Waals surface area contributed by atoms with Crippen molar-refractivity contribution >= 4 is 60.7 Å². The van der Waals surface area contributed by atoms with Gasteiger partial charge in [0.1, 0.15) is 5.82 Å². The summed E-state index contributed by atoms with van der Waals surface area (Å²) in [5.74, 6) is -1.43. The molecule has 0 bridgehead atoms. The van der Waals surface area contributed by atoms with Gasteiger partial charge in [-0.15, -0.1) is 0 Å². The maximum absolute atomic E-state index is 13.5. The van der Waals surface area contributed by atoms with E-state index in [-0.39, 0.29) is 58.9 Å². The number of aliphatic carboxylic acids is 1. The van der Waals surface area contributed by atoms with Crippen LogP contribution in [0.2, 0.25) is 0 Å². The Morgan fingerprint density at radius 2 is 1.77 bits per heavy atom. The van der Waals surface area contributed by atoms with E-state index in [4.69, 9.17) is 5.11 Å². The summed E-state index contributed by atoms with van der Waals surface area (Å²) in [7, 11) is 0. The number of aliphatic hydroxyl groups excluding tert-OH is 2. The van der Waals surface area contributed by atoms with E-state index in [0.717, 1.165) is 27.7 Å². The standard InChI is InChI=1S/C24H26FNO4.Ca.2H/c1-15(2)26-21-6-4-3-5-20(21)24(16-7-9-17(25)10-8-16)22(26)12-11-18(27)13-19(28)14-23(29)30;;;/h3-12,15,18-19,27-28H,13-14H2,1-2H3,(H,29,30);;;/q;+2;2*-1/t18-,19-;;;/m0.../s1. The molecular weight excluding hydrogens is 425 g/mol. The quantitative estimate of drug-likeness (QED) is 0.440. The first-order chi connectivity index (χ1) is 14.3. The molecule has 162 valence electrons. The summed E-state index contributed by atoms with van der Waals surface area (Å²) in [5.41, 5.74) is 3.65. The van der Waals surface area contributed by atoms with Crippen molar-refractivity contribution in [3.8, 4) is 11.1 Å². The normalized spacial score (nSPS) is 13.5. The van der Waals surface area contributed by atoms with E-state index >= 15 is 0 Å². The molecule has 3 aromatic rings. The molecule has 0 spiro atoms. The second kappa shape index (κ2) is 11.2. The van der Waals surface area contributed by atoms with Gasteiger partial charge in [-0.1, -0.05) is 36.4 Å². The monoisotopic (exact) mass is 453 g/mol. The minimum absolute atomic E-state index is 0. The van der Waals surface area contributed by atoms with E-state index in [1.54, 1.807) is 24.3 Å². The predicted molar refractivity (Wildman–Crippen MR) is 124 cm³/mol. The van der Waals surface area contributed by atoms with Crippen molar-refractivity contribution in [1.82, 2.24) is 4.57 Å². The van der Waals surface area contributed by atoms with E-state index in [9.17, 15) is 19.4 Å². The first-order valence-corrected chi connectivity index (χ1v) is 9.93. The molecule has 2 aromatic carbocycles. The number of carboxylic acid groups (broad SMARTS) is 1. The molecule has 0 saturated carbocycles. The molecule has 0 aliphatic heterocycles. The van der Waals surface area contributed by atoms with Gasteiger partial charge >= 0.3 is 43.7 Å². The summed E-state index contributed by atoms with van der Waals surface area (Å²) in [6, 6.07) is 14.4. The fourth-order valence-corrected chi connectivity index (χ4v) is 3.77. The number of rotatable bonds is 8. The van der Waals surface area contributed by atoms with Crippen molar-refractivity contribution in [3.63, 3.8) is 0 Å². The largest absolute Gasteiger partial charge is 2.00 e.